The van der Waals surface area contributed by atoms with Gasteiger partial charge in [-0.2, -0.15) is 4.98 Å². The van der Waals surface area contributed by atoms with Crippen molar-refractivity contribution in [2.45, 2.75) is 44.6 Å². The summed E-state index contributed by atoms with van der Waals surface area (Å²) < 4.78 is 5.32. The first-order valence-electron chi connectivity index (χ1n) is 7.38. The van der Waals surface area contributed by atoms with E-state index < -0.39 is 0 Å². The Balaban J connectivity index is 1.57. The first kappa shape index (κ1) is 12.6. The molecule has 2 fully saturated rings. The van der Waals surface area contributed by atoms with Gasteiger partial charge in [-0.1, -0.05) is 5.16 Å². The van der Waals surface area contributed by atoms with Crippen molar-refractivity contribution in [2.24, 2.45) is 0 Å². The fourth-order valence-electron chi connectivity index (χ4n) is 2.84. The van der Waals surface area contributed by atoms with Crippen LogP contribution >= 0.6 is 0 Å². The van der Waals surface area contributed by atoms with Gasteiger partial charge < -0.3 is 14.4 Å². The van der Waals surface area contributed by atoms with E-state index in [1.807, 2.05) is 11.8 Å². The highest BCUT2D eigenvalue weighted by Crippen LogP contribution is 2.40. The zero-order chi connectivity index (χ0) is 14.4. The van der Waals surface area contributed by atoms with Crippen LogP contribution in [0.1, 0.15) is 65.7 Å². The monoisotopic (exact) mass is 287 g/mol. The van der Waals surface area contributed by atoms with E-state index in [0.717, 1.165) is 43.9 Å². The van der Waals surface area contributed by atoms with E-state index in [1.165, 1.54) is 0 Å². The summed E-state index contributed by atoms with van der Waals surface area (Å²) in [5, 5.41) is 4.09. The van der Waals surface area contributed by atoms with E-state index in [2.05, 4.69) is 20.1 Å². The molecule has 2 aromatic rings. The summed E-state index contributed by atoms with van der Waals surface area (Å²) in [5.74, 6) is 2.49. The molecular formula is C14H17N5O2. The fraction of sp³-hybridized carbons (Fsp3) is 0.571. The Hall–Kier alpha value is -2.18. The maximum Gasteiger partial charge on any atom is 0.272 e. The quantitative estimate of drug-likeness (QED) is 0.932. The minimum absolute atomic E-state index is 0.0455. The molecule has 1 aliphatic carbocycles. The number of nitrogens with zero attached hydrogens (tertiary/aromatic N) is 4. The number of aromatic nitrogens is 4. The number of rotatable bonds is 3. The zero-order valence-corrected chi connectivity index (χ0v) is 11.9. The number of aryl methyl sites for hydroxylation is 1. The average Bonchev–Trinajstić information content (AvgIpc) is 2.94. The van der Waals surface area contributed by atoms with E-state index in [-0.39, 0.29) is 11.9 Å². The highest BCUT2D eigenvalue weighted by atomic mass is 16.5. The molecule has 0 spiro atoms. The molecule has 1 saturated carbocycles. The zero-order valence-electron chi connectivity index (χ0n) is 11.9. The Morgan fingerprint density at radius 1 is 1.43 bits per heavy atom. The lowest BCUT2D eigenvalue weighted by Gasteiger charge is -2.21. The Morgan fingerprint density at radius 2 is 2.29 bits per heavy atom. The number of amides is 1. The van der Waals surface area contributed by atoms with Gasteiger partial charge in [0.2, 0.25) is 5.89 Å². The molecule has 21 heavy (non-hydrogen) atoms. The summed E-state index contributed by atoms with van der Waals surface area (Å²) in [6, 6.07) is -0.0858. The molecule has 0 unspecified atom stereocenters. The number of likely N-dealkylation sites (tertiary alicyclic amines) is 1. The van der Waals surface area contributed by atoms with Crippen molar-refractivity contribution in [3.63, 3.8) is 0 Å². The molecule has 7 nitrogen and oxygen atoms in total. The molecule has 1 atom stereocenters. The number of hydrogen-bond donors (Lipinski definition) is 1. The van der Waals surface area contributed by atoms with Gasteiger partial charge in [-0.05, 0) is 32.6 Å². The lowest BCUT2D eigenvalue weighted by atomic mass is 10.2. The van der Waals surface area contributed by atoms with Crippen LogP contribution < -0.4 is 0 Å². The van der Waals surface area contributed by atoms with Crippen molar-refractivity contribution in [2.75, 3.05) is 6.54 Å². The third kappa shape index (κ3) is 2.22. The Morgan fingerprint density at radius 3 is 3.00 bits per heavy atom. The van der Waals surface area contributed by atoms with Gasteiger partial charge in [-0.15, -0.1) is 0 Å². The Bertz CT molecular complexity index is 672. The van der Waals surface area contributed by atoms with Crippen LogP contribution in [0, 0.1) is 6.92 Å². The summed E-state index contributed by atoms with van der Waals surface area (Å²) in [4.78, 5) is 25.9. The molecule has 110 valence electrons. The molecule has 1 N–H and O–H groups in total. The van der Waals surface area contributed by atoms with Crippen molar-refractivity contribution in [1.82, 2.24) is 25.0 Å². The molecule has 1 saturated heterocycles. The summed E-state index contributed by atoms with van der Waals surface area (Å²) in [6.07, 6.45) is 5.67. The SMILES string of the molecule is Cc1ncc(C(=O)N2CCC[C@H]2c2noc(C3CC3)n2)[nH]1. The van der Waals surface area contributed by atoms with E-state index in [4.69, 9.17) is 4.52 Å². The van der Waals surface area contributed by atoms with Gasteiger partial charge in [0.1, 0.15) is 11.5 Å². The van der Waals surface area contributed by atoms with Crippen LogP contribution in [-0.4, -0.2) is 37.5 Å². The van der Waals surface area contributed by atoms with Crippen LogP contribution in [-0.2, 0) is 0 Å². The van der Waals surface area contributed by atoms with E-state index in [1.54, 1.807) is 6.20 Å². The van der Waals surface area contributed by atoms with Crippen LogP contribution in [0.2, 0.25) is 0 Å². The van der Waals surface area contributed by atoms with Crippen LogP contribution in [0.25, 0.3) is 0 Å². The Kier molecular flexibility index (Phi) is 2.80. The van der Waals surface area contributed by atoms with Gasteiger partial charge in [-0.3, -0.25) is 4.79 Å². The largest absolute Gasteiger partial charge is 0.339 e. The predicted molar refractivity (Wildman–Crippen MR) is 72.6 cm³/mol. The fourth-order valence-corrected chi connectivity index (χ4v) is 2.84. The summed E-state index contributed by atoms with van der Waals surface area (Å²) >= 11 is 0. The van der Waals surface area contributed by atoms with Crippen molar-refractivity contribution in [3.05, 3.63) is 29.4 Å². The van der Waals surface area contributed by atoms with Crippen molar-refractivity contribution in [1.29, 1.82) is 0 Å². The van der Waals surface area contributed by atoms with Crippen molar-refractivity contribution in [3.8, 4) is 0 Å². The van der Waals surface area contributed by atoms with E-state index in [9.17, 15) is 4.79 Å². The summed E-state index contributed by atoms with van der Waals surface area (Å²) in [5.41, 5.74) is 0.519. The lowest BCUT2D eigenvalue weighted by molar-refractivity contribution is 0.0723. The second-order valence-corrected chi connectivity index (χ2v) is 5.80. The maximum atomic E-state index is 12.6. The van der Waals surface area contributed by atoms with Gasteiger partial charge in [0.25, 0.3) is 5.91 Å². The highest BCUT2D eigenvalue weighted by Gasteiger charge is 2.36. The molecule has 1 amide bonds. The van der Waals surface area contributed by atoms with Gasteiger partial charge in [-0.25, -0.2) is 4.98 Å². The highest BCUT2D eigenvalue weighted by molar-refractivity contribution is 5.92. The standard InChI is InChI=1S/C14H17N5O2/c1-8-15-7-10(16-8)14(20)19-6-2-3-11(19)12-17-13(21-18-12)9-4-5-9/h7,9,11H,2-6H2,1H3,(H,15,16)/t11-/m0/s1. The molecule has 2 aliphatic rings. The molecule has 7 heteroatoms. The third-order valence-corrected chi connectivity index (χ3v) is 4.13. The topological polar surface area (TPSA) is 87.9 Å². The van der Waals surface area contributed by atoms with Crippen LogP contribution in [0.5, 0.6) is 0 Å². The molecular weight excluding hydrogens is 270 g/mol. The second kappa shape index (κ2) is 4.68. The Labute approximate surface area is 121 Å². The average molecular weight is 287 g/mol. The molecule has 2 aromatic heterocycles. The minimum Gasteiger partial charge on any atom is -0.339 e. The number of imidazole rings is 1. The number of carbonyl (C=O) groups is 1. The van der Waals surface area contributed by atoms with Crippen molar-refractivity contribution >= 4 is 5.91 Å². The normalized spacial score (nSPS) is 22.0. The number of aromatic amines is 1. The first-order valence-corrected chi connectivity index (χ1v) is 7.38. The van der Waals surface area contributed by atoms with E-state index >= 15 is 0 Å². The van der Waals surface area contributed by atoms with Crippen LogP contribution in [0.4, 0.5) is 0 Å². The van der Waals surface area contributed by atoms with Crippen molar-refractivity contribution < 1.29 is 9.32 Å². The number of carbonyl (C=O) groups excluding carboxylic acids is 1. The molecule has 0 radical (unpaired) electrons. The second-order valence-electron chi connectivity index (χ2n) is 5.80. The molecule has 0 bridgehead atoms. The smallest absolute Gasteiger partial charge is 0.272 e. The van der Waals surface area contributed by atoms with E-state index in [0.29, 0.717) is 17.4 Å². The van der Waals surface area contributed by atoms with Gasteiger partial charge in [0, 0.05) is 12.5 Å². The van der Waals surface area contributed by atoms with Crippen LogP contribution in [0.15, 0.2) is 10.7 Å². The third-order valence-electron chi connectivity index (χ3n) is 4.13. The predicted octanol–water partition coefficient (Wildman–Crippen LogP) is 1.96. The molecule has 3 heterocycles. The minimum atomic E-state index is -0.0858. The number of H-pyrrole nitrogens is 1. The van der Waals surface area contributed by atoms with Gasteiger partial charge in [0.15, 0.2) is 5.82 Å². The van der Waals surface area contributed by atoms with Crippen LogP contribution in [0.3, 0.4) is 0 Å². The lowest BCUT2D eigenvalue weighted by Crippen LogP contribution is -2.31. The molecule has 0 aromatic carbocycles. The summed E-state index contributed by atoms with van der Waals surface area (Å²) in [6.45, 7) is 2.55. The van der Waals surface area contributed by atoms with Gasteiger partial charge >= 0.3 is 0 Å². The number of hydrogen-bond acceptors (Lipinski definition) is 5. The van der Waals surface area contributed by atoms with Gasteiger partial charge in [0.05, 0.1) is 12.2 Å². The first-order chi connectivity index (χ1) is 10.2. The molecule has 1 aliphatic heterocycles. The maximum absolute atomic E-state index is 12.6. The summed E-state index contributed by atoms with van der Waals surface area (Å²) in [7, 11) is 0. The molecule has 4 rings (SSSR count). The number of nitrogens with one attached hydrogen (secondary N) is 1.